The van der Waals surface area contributed by atoms with Crippen LogP contribution in [0.4, 0.5) is 5.69 Å². The number of nitrogens with one attached hydrogen (secondary N) is 1. The van der Waals surface area contributed by atoms with Crippen LogP contribution >= 0.6 is 0 Å². The van der Waals surface area contributed by atoms with Crippen molar-refractivity contribution in [1.82, 2.24) is 0 Å². The first kappa shape index (κ1) is 15.6. The van der Waals surface area contributed by atoms with Gasteiger partial charge >= 0.3 is 0 Å². The Hall–Kier alpha value is -2.76. The summed E-state index contributed by atoms with van der Waals surface area (Å²) in [6.07, 6.45) is 0. The maximum absolute atomic E-state index is 10.9. The summed E-state index contributed by atoms with van der Waals surface area (Å²) < 4.78 is 10.2. The van der Waals surface area contributed by atoms with Crippen molar-refractivity contribution in [1.29, 1.82) is 0 Å². The molecule has 0 unspecified atom stereocenters. The van der Waals surface area contributed by atoms with Crippen molar-refractivity contribution >= 4 is 5.69 Å². The first-order valence-corrected chi connectivity index (χ1v) is 6.78. The number of anilines is 1. The predicted octanol–water partition coefficient (Wildman–Crippen LogP) is 3.13. The Morgan fingerprint density at radius 1 is 1.00 bits per heavy atom. The van der Waals surface area contributed by atoms with Crippen molar-refractivity contribution in [2.24, 2.45) is 0 Å². The number of hydrogen-bond acceptors (Lipinski definition) is 5. The lowest BCUT2D eigenvalue weighted by atomic mass is 10.1. The number of rotatable bonds is 7. The Morgan fingerprint density at radius 2 is 1.50 bits per heavy atom. The molecule has 0 bridgehead atoms. The van der Waals surface area contributed by atoms with E-state index in [1.54, 1.807) is 38.5 Å². The average molecular weight is 302 g/mol. The molecule has 0 aromatic heterocycles. The summed E-state index contributed by atoms with van der Waals surface area (Å²) in [4.78, 5) is 10.6. The fourth-order valence-corrected chi connectivity index (χ4v) is 2.11. The lowest BCUT2D eigenvalue weighted by Gasteiger charge is -2.17. The Bertz CT molecular complexity index is 611. The highest BCUT2D eigenvalue weighted by Gasteiger charge is 2.17. The van der Waals surface area contributed by atoms with E-state index in [2.05, 4.69) is 5.32 Å². The van der Waals surface area contributed by atoms with Crippen molar-refractivity contribution in [3.63, 3.8) is 0 Å². The minimum absolute atomic E-state index is 0.210. The van der Waals surface area contributed by atoms with E-state index in [-0.39, 0.29) is 11.5 Å². The second-order valence-corrected chi connectivity index (χ2v) is 4.71. The Kier molecular flexibility index (Phi) is 5.19. The maximum atomic E-state index is 10.9. The summed E-state index contributed by atoms with van der Waals surface area (Å²) in [5.74, 6) is 1.45. The van der Waals surface area contributed by atoms with E-state index in [1.807, 2.05) is 24.3 Å². The monoisotopic (exact) mass is 302 g/mol. The molecule has 116 valence electrons. The van der Waals surface area contributed by atoms with Crippen LogP contribution in [0.3, 0.4) is 0 Å². The van der Waals surface area contributed by atoms with Gasteiger partial charge in [-0.15, -0.1) is 0 Å². The van der Waals surface area contributed by atoms with Crippen LogP contribution in [-0.4, -0.2) is 25.7 Å². The molecule has 0 aliphatic rings. The zero-order chi connectivity index (χ0) is 15.9. The van der Waals surface area contributed by atoms with Gasteiger partial charge in [0.15, 0.2) is 0 Å². The normalized spacial score (nSPS) is 11.5. The van der Waals surface area contributed by atoms with Crippen molar-refractivity contribution in [3.8, 4) is 11.5 Å². The third-order valence-electron chi connectivity index (χ3n) is 3.28. The molecular weight excluding hydrogens is 284 g/mol. The van der Waals surface area contributed by atoms with Gasteiger partial charge in [0, 0.05) is 10.6 Å². The van der Waals surface area contributed by atoms with Gasteiger partial charge in [0.1, 0.15) is 17.5 Å². The molecule has 2 rings (SSSR count). The second-order valence-electron chi connectivity index (χ2n) is 4.71. The van der Waals surface area contributed by atoms with Crippen LogP contribution in [-0.2, 0) is 0 Å². The summed E-state index contributed by atoms with van der Waals surface area (Å²) in [6.45, 7) is -0.210. The van der Waals surface area contributed by atoms with Gasteiger partial charge in [-0.25, -0.2) is 0 Å². The molecule has 2 aromatic rings. The van der Waals surface area contributed by atoms with Gasteiger partial charge in [-0.05, 0) is 42.0 Å². The number of nitrogens with zero attached hydrogens (tertiary/aromatic N) is 1. The van der Waals surface area contributed by atoms with Crippen LogP contribution in [0.2, 0.25) is 0 Å². The Morgan fingerprint density at radius 3 is 1.95 bits per heavy atom. The molecule has 0 fully saturated rings. The minimum atomic E-state index is -0.422. The summed E-state index contributed by atoms with van der Waals surface area (Å²) >= 11 is 0. The molecule has 0 saturated carbocycles. The molecule has 0 aliphatic heterocycles. The predicted molar refractivity (Wildman–Crippen MR) is 84.2 cm³/mol. The molecule has 6 nitrogen and oxygen atoms in total. The van der Waals surface area contributed by atoms with Gasteiger partial charge in [0.2, 0.25) is 6.54 Å². The molecule has 0 radical (unpaired) electrons. The van der Waals surface area contributed by atoms with Crippen LogP contribution < -0.4 is 14.8 Å². The molecule has 0 spiro atoms. The van der Waals surface area contributed by atoms with Gasteiger partial charge in [-0.1, -0.05) is 12.1 Å². The summed E-state index contributed by atoms with van der Waals surface area (Å²) in [7, 11) is 3.18. The van der Waals surface area contributed by atoms with Crippen LogP contribution in [0.5, 0.6) is 11.5 Å². The molecule has 1 atom stereocenters. The number of benzene rings is 2. The van der Waals surface area contributed by atoms with Crippen LogP contribution in [0.1, 0.15) is 11.6 Å². The quantitative estimate of drug-likeness (QED) is 0.628. The Balaban J connectivity index is 2.18. The first-order chi connectivity index (χ1) is 10.6. The van der Waals surface area contributed by atoms with E-state index < -0.39 is 6.04 Å². The maximum Gasteiger partial charge on any atom is 0.227 e. The smallest absolute Gasteiger partial charge is 0.227 e. The number of nitro groups is 1. The summed E-state index contributed by atoms with van der Waals surface area (Å²) in [5.41, 5.74) is 1.62. The fourth-order valence-electron chi connectivity index (χ4n) is 2.11. The lowest BCUT2D eigenvalue weighted by Crippen LogP contribution is -2.20. The van der Waals surface area contributed by atoms with Gasteiger partial charge in [0.25, 0.3) is 0 Å². The van der Waals surface area contributed by atoms with E-state index in [4.69, 9.17) is 9.47 Å². The minimum Gasteiger partial charge on any atom is -0.497 e. The molecule has 6 heteroatoms. The van der Waals surface area contributed by atoms with E-state index in [0.29, 0.717) is 5.75 Å². The lowest BCUT2D eigenvalue weighted by molar-refractivity contribution is -0.482. The largest absolute Gasteiger partial charge is 0.497 e. The number of hydrogen-bond donors (Lipinski definition) is 1. The van der Waals surface area contributed by atoms with E-state index in [9.17, 15) is 10.1 Å². The first-order valence-electron chi connectivity index (χ1n) is 6.78. The van der Waals surface area contributed by atoms with Crippen molar-refractivity contribution < 1.29 is 14.4 Å². The topological polar surface area (TPSA) is 73.6 Å². The highest BCUT2D eigenvalue weighted by molar-refractivity contribution is 5.48. The SMILES string of the molecule is COc1ccc(N[C@@H](C[N+](=O)[O-])c2ccc(OC)cc2)cc1. The van der Waals surface area contributed by atoms with Gasteiger partial charge in [-0.2, -0.15) is 0 Å². The molecule has 1 N–H and O–H groups in total. The molecule has 0 aliphatic carbocycles. The molecule has 2 aromatic carbocycles. The standard InChI is InChI=1S/C16H18N2O4/c1-21-14-7-3-12(4-8-14)16(11-18(19)20)17-13-5-9-15(22-2)10-6-13/h3-10,16-17H,11H2,1-2H3/t16-/m0/s1. The summed E-state index contributed by atoms with van der Waals surface area (Å²) in [6, 6.07) is 14.1. The molecule has 0 heterocycles. The zero-order valence-electron chi connectivity index (χ0n) is 12.5. The third-order valence-corrected chi connectivity index (χ3v) is 3.28. The second kappa shape index (κ2) is 7.31. The van der Waals surface area contributed by atoms with Crippen molar-refractivity contribution in [2.75, 3.05) is 26.1 Å². The van der Waals surface area contributed by atoms with E-state index >= 15 is 0 Å². The molecular formula is C16H18N2O4. The Labute approximate surface area is 128 Å². The third kappa shape index (κ3) is 4.12. The van der Waals surface area contributed by atoms with Crippen molar-refractivity contribution in [2.45, 2.75) is 6.04 Å². The van der Waals surface area contributed by atoms with Crippen LogP contribution in [0.15, 0.2) is 48.5 Å². The molecule has 22 heavy (non-hydrogen) atoms. The fraction of sp³-hybridized carbons (Fsp3) is 0.250. The highest BCUT2D eigenvalue weighted by Crippen LogP contribution is 2.23. The van der Waals surface area contributed by atoms with Gasteiger partial charge < -0.3 is 14.8 Å². The zero-order valence-corrected chi connectivity index (χ0v) is 12.5. The van der Waals surface area contributed by atoms with Crippen molar-refractivity contribution in [3.05, 3.63) is 64.2 Å². The van der Waals surface area contributed by atoms with Crippen LogP contribution in [0, 0.1) is 10.1 Å². The van der Waals surface area contributed by atoms with Gasteiger partial charge in [-0.3, -0.25) is 10.1 Å². The molecule has 0 amide bonds. The number of methoxy groups -OCH3 is 2. The highest BCUT2D eigenvalue weighted by atomic mass is 16.6. The average Bonchev–Trinajstić information content (AvgIpc) is 2.54. The van der Waals surface area contributed by atoms with Crippen LogP contribution in [0.25, 0.3) is 0 Å². The van der Waals surface area contributed by atoms with Gasteiger partial charge in [0.05, 0.1) is 14.2 Å². The molecule has 0 saturated heterocycles. The van der Waals surface area contributed by atoms with E-state index in [0.717, 1.165) is 17.0 Å². The van der Waals surface area contributed by atoms with E-state index in [1.165, 1.54) is 0 Å². The summed E-state index contributed by atoms with van der Waals surface area (Å²) in [5, 5.41) is 14.1. The number of ether oxygens (including phenoxy) is 2.